The summed E-state index contributed by atoms with van der Waals surface area (Å²) in [6.45, 7) is 0. The summed E-state index contributed by atoms with van der Waals surface area (Å²) in [5, 5.41) is 8.53. The third kappa shape index (κ3) is 3.41. The van der Waals surface area contributed by atoms with E-state index in [9.17, 15) is 0 Å². The highest BCUT2D eigenvalue weighted by molar-refractivity contribution is 4.76. The molecule has 1 saturated carbocycles. The fourth-order valence-corrected chi connectivity index (χ4v) is 1.87. The molecule has 1 rings (SSSR count). The smallest absolute Gasteiger partial charge is 0.0624 e. The second-order valence-corrected chi connectivity index (χ2v) is 3.57. The normalized spacial score (nSPS) is 21.7. The molecule has 1 aliphatic carbocycles. The molecule has 0 aromatic carbocycles. The predicted molar refractivity (Wildman–Crippen MR) is 46.0 cm³/mol. The first-order valence-electron chi connectivity index (χ1n) is 4.80. The van der Waals surface area contributed by atoms with Gasteiger partial charge in [-0.2, -0.15) is 5.26 Å². The van der Waals surface area contributed by atoms with Crippen LogP contribution in [0.15, 0.2) is 0 Å². The summed E-state index contributed by atoms with van der Waals surface area (Å²) >= 11 is 0. The second kappa shape index (κ2) is 5.18. The van der Waals surface area contributed by atoms with Gasteiger partial charge in [0.25, 0.3) is 0 Å². The van der Waals surface area contributed by atoms with E-state index >= 15 is 0 Å². The van der Waals surface area contributed by atoms with E-state index in [1.54, 1.807) is 0 Å². The van der Waals surface area contributed by atoms with Gasteiger partial charge in [0.15, 0.2) is 0 Å². The van der Waals surface area contributed by atoms with E-state index in [2.05, 4.69) is 6.07 Å². The molecule has 0 radical (unpaired) electrons. The Hall–Kier alpha value is -0.510. The monoisotopic (exact) mass is 151 g/mol. The van der Waals surface area contributed by atoms with Crippen molar-refractivity contribution in [2.24, 2.45) is 5.92 Å². The van der Waals surface area contributed by atoms with Crippen LogP contribution in [-0.4, -0.2) is 0 Å². The van der Waals surface area contributed by atoms with E-state index < -0.39 is 0 Å². The van der Waals surface area contributed by atoms with Gasteiger partial charge in [-0.25, -0.2) is 0 Å². The van der Waals surface area contributed by atoms with Gasteiger partial charge in [0.1, 0.15) is 0 Å². The van der Waals surface area contributed by atoms with Crippen molar-refractivity contribution in [3.63, 3.8) is 0 Å². The quantitative estimate of drug-likeness (QED) is 0.564. The predicted octanol–water partition coefficient (Wildman–Crippen LogP) is 3.26. The Kier molecular flexibility index (Phi) is 4.04. The third-order valence-corrected chi connectivity index (χ3v) is 2.60. The molecule has 0 spiro atoms. The van der Waals surface area contributed by atoms with Gasteiger partial charge in [-0.1, -0.05) is 32.1 Å². The fraction of sp³-hybridized carbons (Fsp3) is 0.900. The van der Waals surface area contributed by atoms with Crippen LogP contribution in [0.4, 0.5) is 0 Å². The molecule has 11 heavy (non-hydrogen) atoms. The first-order valence-corrected chi connectivity index (χ1v) is 4.80. The third-order valence-electron chi connectivity index (χ3n) is 2.60. The lowest BCUT2D eigenvalue weighted by atomic mass is 9.89. The van der Waals surface area contributed by atoms with E-state index in [4.69, 9.17) is 5.26 Å². The number of nitrogens with zero attached hydrogens (tertiary/aromatic N) is 1. The SMILES string of the molecule is N#CCC1CCCCCCC1. The van der Waals surface area contributed by atoms with Crippen LogP contribution in [0, 0.1) is 17.2 Å². The second-order valence-electron chi connectivity index (χ2n) is 3.57. The topological polar surface area (TPSA) is 23.8 Å². The van der Waals surface area contributed by atoms with Crippen molar-refractivity contribution in [2.75, 3.05) is 0 Å². The maximum Gasteiger partial charge on any atom is 0.0624 e. The van der Waals surface area contributed by atoms with Crippen LogP contribution in [0.2, 0.25) is 0 Å². The zero-order valence-corrected chi connectivity index (χ0v) is 7.18. The summed E-state index contributed by atoms with van der Waals surface area (Å²) in [5.41, 5.74) is 0. The van der Waals surface area contributed by atoms with Gasteiger partial charge in [-0.3, -0.25) is 0 Å². The molecule has 0 amide bonds. The Morgan fingerprint density at radius 2 is 1.55 bits per heavy atom. The molecular formula is C10H17N. The highest BCUT2D eigenvalue weighted by Crippen LogP contribution is 2.23. The van der Waals surface area contributed by atoms with Crippen LogP contribution in [0.5, 0.6) is 0 Å². The van der Waals surface area contributed by atoms with Crippen molar-refractivity contribution < 1.29 is 0 Å². The molecule has 0 aliphatic heterocycles. The molecule has 0 N–H and O–H groups in total. The van der Waals surface area contributed by atoms with Gasteiger partial charge < -0.3 is 0 Å². The largest absolute Gasteiger partial charge is 0.198 e. The van der Waals surface area contributed by atoms with E-state index in [0.717, 1.165) is 12.3 Å². The summed E-state index contributed by atoms with van der Waals surface area (Å²) in [6.07, 6.45) is 10.3. The molecule has 0 bridgehead atoms. The number of rotatable bonds is 1. The molecule has 1 fully saturated rings. The summed E-state index contributed by atoms with van der Waals surface area (Å²) in [5.74, 6) is 0.722. The van der Waals surface area contributed by atoms with Crippen molar-refractivity contribution in [1.82, 2.24) is 0 Å². The Bertz CT molecular complexity index is 126. The molecule has 0 aromatic rings. The van der Waals surface area contributed by atoms with Crippen LogP contribution in [0.1, 0.15) is 51.4 Å². The van der Waals surface area contributed by atoms with E-state index in [0.29, 0.717) is 0 Å². The average molecular weight is 151 g/mol. The maximum absolute atomic E-state index is 8.53. The lowest BCUT2D eigenvalue weighted by Crippen LogP contribution is -2.02. The lowest BCUT2D eigenvalue weighted by Gasteiger charge is -2.16. The number of hydrogen-bond donors (Lipinski definition) is 0. The zero-order valence-electron chi connectivity index (χ0n) is 7.18. The van der Waals surface area contributed by atoms with Crippen molar-refractivity contribution in [2.45, 2.75) is 51.4 Å². The van der Waals surface area contributed by atoms with Crippen molar-refractivity contribution in [3.05, 3.63) is 0 Å². The standard InChI is InChI=1S/C10H17N/c11-9-8-10-6-4-2-1-3-5-7-10/h10H,1-8H2. The van der Waals surface area contributed by atoms with Gasteiger partial charge in [-0.15, -0.1) is 0 Å². The van der Waals surface area contributed by atoms with Gasteiger partial charge in [0, 0.05) is 6.42 Å². The number of hydrogen-bond acceptors (Lipinski definition) is 1. The summed E-state index contributed by atoms with van der Waals surface area (Å²) < 4.78 is 0. The van der Waals surface area contributed by atoms with Crippen molar-refractivity contribution >= 4 is 0 Å². The van der Waals surface area contributed by atoms with Crippen LogP contribution in [0.3, 0.4) is 0 Å². The van der Waals surface area contributed by atoms with Crippen LogP contribution < -0.4 is 0 Å². The lowest BCUT2D eigenvalue weighted by molar-refractivity contribution is 0.384. The molecule has 1 nitrogen and oxygen atoms in total. The highest BCUT2D eigenvalue weighted by atomic mass is 14.3. The van der Waals surface area contributed by atoms with Gasteiger partial charge in [-0.05, 0) is 18.8 Å². The van der Waals surface area contributed by atoms with Crippen molar-refractivity contribution in [3.8, 4) is 6.07 Å². The Morgan fingerprint density at radius 1 is 1.00 bits per heavy atom. The Morgan fingerprint density at radius 3 is 2.09 bits per heavy atom. The first kappa shape index (κ1) is 8.59. The van der Waals surface area contributed by atoms with E-state index in [1.165, 1.54) is 44.9 Å². The minimum atomic E-state index is 0.722. The molecule has 1 heteroatoms. The molecule has 0 heterocycles. The minimum absolute atomic E-state index is 0.722. The van der Waals surface area contributed by atoms with Gasteiger partial charge in [0.05, 0.1) is 6.07 Å². The van der Waals surface area contributed by atoms with Crippen LogP contribution in [0.25, 0.3) is 0 Å². The molecule has 0 atom stereocenters. The maximum atomic E-state index is 8.53. The molecule has 1 aliphatic rings. The molecule has 62 valence electrons. The molecular weight excluding hydrogens is 134 g/mol. The number of nitriles is 1. The average Bonchev–Trinajstić information content (AvgIpc) is 1.94. The van der Waals surface area contributed by atoms with Crippen molar-refractivity contribution in [1.29, 1.82) is 5.26 Å². The Balaban J connectivity index is 2.21. The molecule has 0 aromatic heterocycles. The summed E-state index contributed by atoms with van der Waals surface area (Å²) in [7, 11) is 0. The zero-order chi connectivity index (χ0) is 7.94. The molecule has 0 saturated heterocycles. The van der Waals surface area contributed by atoms with Gasteiger partial charge >= 0.3 is 0 Å². The summed E-state index contributed by atoms with van der Waals surface area (Å²) in [4.78, 5) is 0. The summed E-state index contributed by atoms with van der Waals surface area (Å²) in [6, 6.07) is 2.29. The highest BCUT2D eigenvalue weighted by Gasteiger charge is 2.09. The van der Waals surface area contributed by atoms with E-state index in [-0.39, 0.29) is 0 Å². The van der Waals surface area contributed by atoms with Crippen LogP contribution in [-0.2, 0) is 0 Å². The van der Waals surface area contributed by atoms with E-state index in [1.807, 2.05) is 0 Å². The fourth-order valence-electron chi connectivity index (χ4n) is 1.87. The molecule has 0 unspecified atom stereocenters. The van der Waals surface area contributed by atoms with Crippen LogP contribution >= 0.6 is 0 Å². The van der Waals surface area contributed by atoms with Gasteiger partial charge in [0.2, 0.25) is 0 Å². The Labute approximate surface area is 69.4 Å². The minimum Gasteiger partial charge on any atom is -0.198 e. The first-order chi connectivity index (χ1) is 5.43.